The highest BCUT2D eigenvalue weighted by molar-refractivity contribution is 8.18. The summed E-state index contributed by atoms with van der Waals surface area (Å²) >= 11 is 1.15. The van der Waals surface area contributed by atoms with Gasteiger partial charge in [-0.25, -0.2) is 9.79 Å². The normalized spacial score (nSPS) is 16.4. The highest BCUT2D eigenvalue weighted by Crippen LogP contribution is 2.41. The molecule has 2 aromatic rings. The molecule has 0 aromatic heterocycles. The molecule has 0 aliphatic carbocycles. The highest BCUT2D eigenvalue weighted by atomic mass is 32.2. The smallest absolute Gasteiger partial charge is 0.344 e. The van der Waals surface area contributed by atoms with Crippen molar-refractivity contribution in [3.05, 3.63) is 70.3 Å². The van der Waals surface area contributed by atoms with E-state index < -0.39 is 17.2 Å². The van der Waals surface area contributed by atoms with Gasteiger partial charge in [0.25, 0.3) is 0 Å². The van der Waals surface area contributed by atoms with E-state index in [4.69, 9.17) is 19.9 Å². The lowest BCUT2D eigenvalue weighted by Crippen LogP contribution is -2.37. The summed E-state index contributed by atoms with van der Waals surface area (Å²) < 4.78 is 17.0. The molecular formula is C29H36N2O6S. The van der Waals surface area contributed by atoms with E-state index in [1.165, 1.54) is 6.07 Å². The van der Waals surface area contributed by atoms with Crippen molar-refractivity contribution in [1.82, 2.24) is 0 Å². The van der Waals surface area contributed by atoms with E-state index in [2.05, 4.69) is 4.99 Å². The maximum atomic E-state index is 12.6. The average Bonchev–Trinajstić information content (AvgIpc) is 3.15. The number of phenols is 1. The van der Waals surface area contributed by atoms with Gasteiger partial charge in [0.2, 0.25) is 0 Å². The molecule has 8 nitrogen and oxygen atoms in total. The molecule has 2 aromatic carbocycles. The number of aliphatic hydroxyl groups excluding tert-OH is 1. The number of rotatable bonds is 11. The molecule has 0 bridgehead atoms. The summed E-state index contributed by atoms with van der Waals surface area (Å²) in [6.07, 6.45) is 2.27. The van der Waals surface area contributed by atoms with E-state index in [0.717, 1.165) is 11.8 Å². The quantitative estimate of drug-likeness (QED) is 0.302. The Morgan fingerprint density at radius 3 is 2.42 bits per heavy atom. The minimum atomic E-state index is -0.650. The summed E-state index contributed by atoms with van der Waals surface area (Å²) in [7, 11) is 0. The number of carbonyl (C=O) groups is 1. The zero-order valence-corrected chi connectivity index (χ0v) is 23.3. The fourth-order valence-electron chi connectivity index (χ4n) is 3.45. The van der Waals surface area contributed by atoms with Crippen LogP contribution in [0.1, 0.15) is 46.6 Å². The number of nitrogens with two attached hydrogens (primary N) is 1. The number of benzene rings is 2. The van der Waals surface area contributed by atoms with Crippen molar-refractivity contribution in [3.8, 4) is 11.5 Å². The van der Waals surface area contributed by atoms with Crippen LogP contribution in [0, 0.1) is 0 Å². The molecule has 0 fully saturated rings. The summed E-state index contributed by atoms with van der Waals surface area (Å²) in [6.45, 7) is 10.4. The topological polar surface area (TPSA) is 124 Å². The summed E-state index contributed by atoms with van der Waals surface area (Å²) in [6, 6.07) is 14.1. The van der Waals surface area contributed by atoms with Gasteiger partial charge in [-0.05, 0) is 70.5 Å². The maximum absolute atomic E-state index is 12.6. The van der Waals surface area contributed by atoms with Gasteiger partial charge in [0.05, 0.1) is 29.4 Å². The number of para-hydroxylation sites is 1. The Bertz CT molecular complexity index is 1230. The van der Waals surface area contributed by atoms with E-state index in [9.17, 15) is 15.0 Å². The van der Waals surface area contributed by atoms with Crippen LogP contribution in [0.5, 0.6) is 11.5 Å². The van der Waals surface area contributed by atoms with Gasteiger partial charge in [-0.15, -0.1) is 0 Å². The molecule has 38 heavy (non-hydrogen) atoms. The van der Waals surface area contributed by atoms with Gasteiger partial charge in [-0.3, -0.25) is 0 Å². The Labute approximate surface area is 228 Å². The van der Waals surface area contributed by atoms with Crippen LogP contribution in [-0.2, 0) is 14.3 Å². The number of thioether (sulfide) groups is 1. The molecule has 1 aliphatic heterocycles. The number of hydrogen-bond acceptors (Lipinski definition) is 9. The molecule has 0 unspecified atom stereocenters. The number of aliphatic imine (C=N–C) groups is 1. The predicted octanol–water partition coefficient (Wildman–Crippen LogP) is 5.89. The lowest BCUT2D eigenvalue weighted by atomic mass is 10.0. The molecule has 4 N–H and O–H groups in total. The Kier molecular flexibility index (Phi) is 9.65. The van der Waals surface area contributed by atoms with Gasteiger partial charge in [0.1, 0.15) is 22.0 Å². The molecule has 0 amide bonds. The first-order valence-electron chi connectivity index (χ1n) is 12.4. The molecule has 1 aliphatic rings. The first-order chi connectivity index (χ1) is 17.9. The average molecular weight is 541 g/mol. The van der Waals surface area contributed by atoms with Crippen LogP contribution in [0.3, 0.4) is 0 Å². The van der Waals surface area contributed by atoms with E-state index >= 15 is 0 Å². The van der Waals surface area contributed by atoms with Crippen molar-refractivity contribution in [2.24, 2.45) is 10.7 Å². The van der Waals surface area contributed by atoms with Crippen LogP contribution >= 0.6 is 11.8 Å². The van der Waals surface area contributed by atoms with Gasteiger partial charge >= 0.3 is 5.97 Å². The Morgan fingerprint density at radius 1 is 1.08 bits per heavy atom. The summed E-state index contributed by atoms with van der Waals surface area (Å²) in [5.41, 5.74) is 5.97. The third-order valence-electron chi connectivity index (χ3n) is 5.71. The van der Waals surface area contributed by atoms with Crippen LogP contribution in [-0.4, -0.2) is 52.2 Å². The van der Waals surface area contributed by atoms with Crippen LogP contribution in [0.25, 0.3) is 6.08 Å². The van der Waals surface area contributed by atoms with Crippen molar-refractivity contribution in [2.75, 3.05) is 19.8 Å². The molecule has 0 radical (unpaired) electrons. The Balaban J connectivity index is 1.81. The van der Waals surface area contributed by atoms with E-state index in [-0.39, 0.29) is 23.7 Å². The summed E-state index contributed by atoms with van der Waals surface area (Å²) in [5.74, 6) is -0.591. The molecule has 0 spiro atoms. The summed E-state index contributed by atoms with van der Waals surface area (Å²) in [4.78, 5) is 17.5. The Hall–Kier alpha value is -3.27. The minimum Gasteiger partial charge on any atom is -0.506 e. The molecule has 204 valence electrons. The number of aromatic hydroxyl groups is 1. The van der Waals surface area contributed by atoms with Gasteiger partial charge in [-0.1, -0.05) is 36.0 Å². The van der Waals surface area contributed by atoms with Crippen molar-refractivity contribution < 1.29 is 29.2 Å². The number of nitrogens with zero attached hydrogens (tertiary/aromatic N) is 1. The molecule has 1 heterocycles. The van der Waals surface area contributed by atoms with Crippen molar-refractivity contribution in [3.63, 3.8) is 0 Å². The highest BCUT2D eigenvalue weighted by Gasteiger charge is 2.33. The van der Waals surface area contributed by atoms with Gasteiger partial charge < -0.3 is 30.2 Å². The van der Waals surface area contributed by atoms with E-state index in [1.807, 2.05) is 45.9 Å². The van der Waals surface area contributed by atoms with Crippen LogP contribution in [0.4, 0.5) is 5.69 Å². The fraction of sp³-hybridized carbons (Fsp3) is 0.379. The number of phenolic OH excluding ortho intramolecular Hbond substituents is 1. The lowest BCUT2D eigenvalue weighted by molar-refractivity contribution is -0.138. The van der Waals surface area contributed by atoms with Gasteiger partial charge in [0.15, 0.2) is 11.5 Å². The number of carbonyl (C=O) groups excluding carboxylic acids is 1. The standard InChI is InChI=1S/C29H36N2O6S/c1-6-35-27(34)24-25(33)23(38-26(24)31-20-10-8-7-9-11-20)17-19-12-13-22(21(32)16-19)37-28(2,3)14-15-36-29(4,5)18-30/h7-13,16-17,32-33H,6,14-15,18,30H2,1-5H3/b23-17-,31-26?. The number of aliphatic hydroxyl groups is 1. The van der Waals surface area contributed by atoms with E-state index in [0.29, 0.717) is 46.5 Å². The van der Waals surface area contributed by atoms with E-state index in [1.54, 1.807) is 37.3 Å². The molecule has 9 heteroatoms. The Morgan fingerprint density at radius 2 is 1.79 bits per heavy atom. The number of hydrogen-bond donors (Lipinski definition) is 3. The second-order valence-corrected chi connectivity index (χ2v) is 11.0. The third-order valence-corrected chi connectivity index (χ3v) is 6.73. The zero-order chi connectivity index (χ0) is 27.9. The first-order valence-corrected chi connectivity index (χ1v) is 13.3. The predicted molar refractivity (Wildman–Crippen MR) is 152 cm³/mol. The minimum absolute atomic E-state index is 0.0120. The van der Waals surface area contributed by atoms with Gasteiger partial charge in [0, 0.05) is 13.0 Å². The number of esters is 1. The molecule has 0 atom stereocenters. The third kappa shape index (κ3) is 7.86. The van der Waals surface area contributed by atoms with Crippen LogP contribution < -0.4 is 10.5 Å². The molecule has 0 saturated carbocycles. The SMILES string of the molecule is CCOC(=O)C1=C(O)/C(=C/c2ccc(OC(C)(C)CCOC(C)(C)CN)c(O)c2)SC1=Nc1ccccc1. The largest absolute Gasteiger partial charge is 0.506 e. The zero-order valence-electron chi connectivity index (χ0n) is 22.5. The maximum Gasteiger partial charge on any atom is 0.344 e. The van der Waals surface area contributed by atoms with Crippen LogP contribution in [0.15, 0.2) is 69.8 Å². The van der Waals surface area contributed by atoms with Crippen molar-refractivity contribution >= 4 is 34.5 Å². The van der Waals surface area contributed by atoms with Crippen molar-refractivity contribution in [2.45, 2.75) is 52.2 Å². The van der Waals surface area contributed by atoms with Gasteiger partial charge in [-0.2, -0.15) is 0 Å². The fourth-order valence-corrected chi connectivity index (χ4v) is 4.49. The molecular weight excluding hydrogens is 504 g/mol. The second-order valence-electron chi connectivity index (χ2n) is 9.96. The lowest BCUT2D eigenvalue weighted by Gasteiger charge is -2.29. The molecule has 0 saturated heterocycles. The monoisotopic (exact) mass is 540 g/mol. The first kappa shape index (κ1) is 29.3. The second kappa shape index (κ2) is 12.5. The number of ether oxygens (including phenoxy) is 3. The summed E-state index contributed by atoms with van der Waals surface area (Å²) in [5, 5.41) is 21.9. The molecule has 3 rings (SSSR count). The van der Waals surface area contributed by atoms with Crippen molar-refractivity contribution in [1.29, 1.82) is 0 Å². The van der Waals surface area contributed by atoms with Crippen LogP contribution in [0.2, 0.25) is 0 Å².